The second kappa shape index (κ2) is 19.2. The van der Waals surface area contributed by atoms with Gasteiger partial charge in [0.15, 0.2) is 0 Å². The molecule has 3 heteroatoms. The van der Waals surface area contributed by atoms with Gasteiger partial charge in [-0.1, -0.05) is 194 Å². The SMILES string of the molecule is Cc1cc(-c2ccccc2)ccc1-c1cc(-c2ccccc2)ncc1-c1ccccc1-c1cc(CCc2ccc(-c3ccccc3)nc2)cc(CCc2ccc(-c3ccccc3)nc2)c1. The summed E-state index contributed by atoms with van der Waals surface area (Å²) < 4.78 is 0. The molecular formula is C62H49N3. The summed E-state index contributed by atoms with van der Waals surface area (Å²) in [7, 11) is 0. The van der Waals surface area contributed by atoms with Gasteiger partial charge in [0.05, 0.1) is 17.1 Å². The maximum absolute atomic E-state index is 5.14. The lowest BCUT2D eigenvalue weighted by Crippen LogP contribution is -1.99. The Balaban J connectivity index is 1.02. The first-order valence-electron chi connectivity index (χ1n) is 22.6. The maximum Gasteiger partial charge on any atom is 0.0708 e. The van der Waals surface area contributed by atoms with Crippen LogP contribution in [0.15, 0.2) is 231 Å². The number of aromatic nitrogens is 3. The van der Waals surface area contributed by atoms with E-state index in [1.54, 1.807) is 0 Å². The number of benzene rings is 7. The van der Waals surface area contributed by atoms with E-state index in [0.29, 0.717) is 0 Å². The summed E-state index contributed by atoms with van der Waals surface area (Å²) in [5.74, 6) is 0. The Morgan fingerprint density at radius 3 is 1.23 bits per heavy atom. The van der Waals surface area contributed by atoms with Gasteiger partial charge in [0.25, 0.3) is 0 Å². The lowest BCUT2D eigenvalue weighted by molar-refractivity contribution is 0.923. The standard InChI is InChI=1S/C62H49N3/c1-44-36-53(49-16-6-2-7-17-49)32-33-55(44)58-40-62(52-22-12-5-13-23-52)65-43-59(58)57-25-15-14-24-56(57)54-38-47(28-26-45-30-34-60(63-41-45)50-18-8-3-9-19-50)37-48(39-54)29-27-46-31-35-61(64-42-46)51-20-10-4-11-21-51/h2-25,30-43H,26-29H2,1H3. The number of hydrogen-bond acceptors (Lipinski definition) is 3. The van der Waals surface area contributed by atoms with Crippen molar-refractivity contribution in [2.75, 3.05) is 0 Å². The molecule has 0 saturated carbocycles. The van der Waals surface area contributed by atoms with E-state index in [0.717, 1.165) is 76.1 Å². The maximum atomic E-state index is 5.14. The molecule has 312 valence electrons. The van der Waals surface area contributed by atoms with Gasteiger partial charge in [0, 0.05) is 40.8 Å². The lowest BCUT2D eigenvalue weighted by Gasteiger charge is -2.19. The average Bonchev–Trinajstić information content (AvgIpc) is 3.38. The molecule has 0 fully saturated rings. The zero-order valence-corrected chi connectivity index (χ0v) is 36.6. The van der Waals surface area contributed by atoms with E-state index < -0.39 is 0 Å². The largest absolute Gasteiger partial charge is 0.256 e. The van der Waals surface area contributed by atoms with Gasteiger partial charge in [-0.05, 0) is 118 Å². The van der Waals surface area contributed by atoms with Gasteiger partial charge in [-0.25, -0.2) is 0 Å². The van der Waals surface area contributed by atoms with Crippen molar-refractivity contribution in [3.05, 3.63) is 259 Å². The third-order valence-electron chi connectivity index (χ3n) is 12.4. The highest BCUT2D eigenvalue weighted by molar-refractivity contribution is 5.93. The Morgan fingerprint density at radius 1 is 0.262 bits per heavy atom. The quantitative estimate of drug-likeness (QED) is 0.116. The molecule has 0 unspecified atom stereocenters. The van der Waals surface area contributed by atoms with Crippen LogP contribution in [0.5, 0.6) is 0 Å². The first kappa shape index (κ1) is 41.0. The molecule has 0 saturated heterocycles. The van der Waals surface area contributed by atoms with E-state index in [1.807, 2.05) is 24.5 Å². The molecule has 0 aliphatic rings. The number of hydrogen-bond donors (Lipinski definition) is 0. The highest BCUT2D eigenvalue weighted by atomic mass is 14.7. The van der Waals surface area contributed by atoms with E-state index in [4.69, 9.17) is 15.0 Å². The molecule has 0 spiro atoms. The van der Waals surface area contributed by atoms with Crippen molar-refractivity contribution in [1.82, 2.24) is 15.0 Å². The Kier molecular flexibility index (Phi) is 12.1. The van der Waals surface area contributed by atoms with Crippen LogP contribution in [0.4, 0.5) is 0 Å². The van der Waals surface area contributed by atoms with Crippen LogP contribution in [-0.2, 0) is 25.7 Å². The molecule has 3 aromatic heterocycles. The minimum Gasteiger partial charge on any atom is -0.256 e. The van der Waals surface area contributed by atoms with Crippen molar-refractivity contribution in [1.29, 1.82) is 0 Å². The fourth-order valence-corrected chi connectivity index (χ4v) is 8.89. The molecule has 10 rings (SSSR count). The van der Waals surface area contributed by atoms with Crippen molar-refractivity contribution >= 4 is 0 Å². The minimum atomic E-state index is 0.894. The van der Waals surface area contributed by atoms with E-state index in [1.165, 1.54) is 55.6 Å². The molecule has 0 radical (unpaired) electrons. The van der Waals surface area contributed by atoms with Crippen LogP contribution in [0, 0.1) is 6.92 Å². The Hall–Kier alpha value is -8.01. The van der Waals surface area contributed by atoms with E-state index >= 15 is 0 Å². The molecule has 0 amide bonds. The second-order valence-electron chi connectivity index (χ2n) is 16.8. The summed E-state index contributed by atoms with van der Waals surface area (Å²) in [5.41, 5.74) is 22.0. The second-order valence-corrected chi connectivity index (χ2v) is 16.8. The van der Waals surface area contributed by atoms with E-state index in [9.17, 15) is 0 Å². The smallest absolute Gasteiger partial charge is 0.0708 e. The third kappa shape index (κ3) is 9.51. The van der Waals surface area contributed by atoms with Gasteiger partial charge in [-0.2, -0.15) is 0 Å². The summed E-state index contributed by atoms with van der Waals surface area (Å²) in [6, 6.07) is 75.8. The van der Waals surface area contributed by atoms with Crippen molar-refractivity contribution in [3.63, 3.8) is 0 Å². The number of nitrogens with zero attached hydrogens (tertiary/aromatic N) is 3. The zero-order valence-electron chi connectivity index (χ0n) is 36.6. The van der Waals surface area contributed by atoms with Crippen LogP contribution >= 0.6 is 0 Å². The highest BCUT2D eigenvalue weighted by Gasteiger charge is 2.18. The van der Waals surface area contributed by atoms with Crippen LogP contribution in [0.1, 0.15) is 27.8 Å². The zero-order chi connectivity index (χ0) is 43.8. The van der Waals surface area contributed by atoms with Crippen LogP contribution < -0.4 is 0 Å². The van der Waals surface area contributed by atoms with Crippen LogP contribution in [0.25, 0.3) is 78.3 Å². The summed E-state index contributed by atoms with van der Waals surface area (Å²) >= 11 is 0. The van der Waals surface area contributed by atoms with Gasteiger partial charge in [-0.3, -0.25) is 15.0 Å². The molecule has 0 N–H and O–H groups in total. The molecule has 65 heavy (non-hydrogen) atoms. The fraction of sp³-hybridized carbons (Fsp3) is 0.0806. The Labute approximate surface area is 382 Å². The predicted octanol–water partition coefficient (Wildman–Crippen LogP) is 15.4. The van der Waals surface area contributed by atoms with Crippen LogP contribution in [-0.4, -0.2) is 15.0 Å². The molecule has 3 heterocycles. The van der Waals surface area contributed by atoms with Crippen LogP contribution in [0.2, 0.25) is 0 Å². The normalized spacial score (nSPS) is 11.1. The monoisotopic (exact) mass is 835 g/mol. The molecule has 0 atom stereocenters. The molecule has 0 bridgehead atoms. The predicted molar refractivity (Wildman–Crippen MR) is 270 cm³/mol. The van der Waals surface area contributed by atoms with Gasteiger partial charge in [0.2, 0.25) is 0 Å². The van der Waals surface area contributed by atoms with Gasteiger partial charge >= 0.3 is 0 Å². The lowest BCUT2D eigenvalue weighted by atomic mass is 9.86. The van der Waals surface area contributed by atoms with Crippen molar-refractivity contribution in [2.45, 2.75) is 32.6 Å². The molecule has 0 aliphatic carbocycles. The summed E-state index contributed by atoms with van der Waals surface area (Å²) in [6.45, 7) is 2.23. The summed E-state index contributed by atoms with van der Waals surface area (Å²) in [4.78, 5) is 14.8. The number of aryl methyl sites for hydroxylation is 5. The average molecular weight is 836 g/mol. The third-order valence-corrected chi connectivity index (χ3v) is 12.4. The molecule has 7 aromatic carbocycles. The van der Waals surface area contributed by atoms with Crippen molar-refractivity contribution < 1.29 is 0 Å². The molecular weight excluding hydrogens is 787 g/mol. The van der Waals surface area contributed by atoms with E-state index in [-0.39, 0.29) is 0 Å². The van der Waals surface area contributed by atoms with E-state index in [2.05, 4.69) is 213 Å². The minimum absolute atomic E-state index is 0.894. The topological polar surface area (TPSA) is 38.7 Å². The number of rotatable bonds is 13. The fourth-order valence-electron chi connectivity index (χ4n) is 8.89. The van der Waals surface area contributed by atoms with Crippen molar-refractivity contribution in [2.24, 2.45) is 0 Å². The Morgan fingerprint density at radius 2 is 0.723 bits per heavy atom. The van der Waals surface area contributed by atoms with Gasteiger partial charge < -0.3 is 0 Å². The highest BCUT2D eigenvalue weighted by Crippen LogP contribution is 2.41. The molecule has 0 aliphatic heterocycles. The van der Waals surface area contributed by atoms with Gasteiger partial charge in [-0.15, -0.1) is 0 Å². The summed E-state index contributed by atoms with van der Waals surface area (Å²) in [5, 5.41) is 0. The van der Waals surface area contributed by atoms with Crippen molar-refractivity contribution in [3.8, 4) is 78.3 Å². The Bertz CT molecular complexity index is 3060. The first-order valence-corrected chi connectivity index (χ1v) is 22.6. The summed E-state index contributed by atoms with van der Waals surface area (Å²) in [6.07, 6.45) is 9.75. The molecule has 10 aromatic rings. The molecule has 3 nitrogen and oxygen atoms in total. The first-order chi connectivity index (χ1) is 32.1. The number of pyridine rings is 3. The van der Waals surface area contributed by atoms with Crippen LogP contribution in [0.3, 0.4) is 0 Å². The van der Waals surface area contributed by atoms with Gasteiger partial charge in [0.1, 0.15) is 0 Å².